The van der Waals surface area contributed by atoms with E-state index < -0.39 is 6.37 Å². The van der Waals surface area contributed by atoms with Crippen molar-refractivity contribution in [3.05, 3.63) is 114 Å². The van der Waals surface area contributed by atoms with Gasteiger partial charge in [0.2, 0.25) is 0 Å². The van der Waals surface area contributed by atoms with Crippen LogP contribution in [0.25, 0.3) is 22.4 Å². The number of pyridine rings is 1. The first-order chi connectivity index (χ1) is 13.2. The minimum atomic E-state index is -1.64. The highest BCUT2D eigenvalue weighted by molar-refractivity contribution is 5.71. The normalized spacial score (nSPS) is 12.3. The third-order valence-corrected chi connectivity index (χ3v) is 4.11. The third kappa shape index (κ3) is 3.51. The summed E-state index contributed by atoms with van der Waals surface area (Å²) >= 11 is 0. The van der Waals surface area contributed by atoms with Crippen molar-refractivity contribution in [3.63, 3.8) is 0 Å². The maximum atomic E-state index is 8.90. The fourth-order valence-electron chi connectivity index (χ4n) is 2.85. The van der Waals surface area contributed by atoms with Crippen molar-refractivity contribution in [1.82, 2.24) is 4.98 Å². The monoisotopic (exact) mass is 323 g/mol. The molecule has 0 fully saturated rings. The summed E-state index contributed by atoms with van der Waals surface area (Å²) in [5.41, 5.74) is 4.76. The van der Waals surface area contributed by atoms with Gasteiger partial charge < -0.3 is 0 Å². The zero-order chi connectivity index (χ0) is 18.7. The highest BCUT2D eigenvalue weighted by Gasteiger charge is 2.09. The summed E-state index contributed by atoms with van der Waals surface area (Å²) in [5, 5.41) is 0. The first-order valence-electron chi connectivity index (χ1n) is 9.33. The smallest absolute Gasteiger partial charge is 0.0705 e. The second-order valence-corrected chi connectivity index (χ2v) is 5.84. The molecule has 0 saturated heterocycles. The molecule has 0 unspecified atom stereocenters. The first kappa shape index (κ1) is 13.1. The van der Waals surface area contributed by atoms with Gasteiger partial charge >= 0.3 is 0 Å². The molecule has 0 aliphatic rings. The molecular formula is C24H19N. The number of rotatable bonds is 4. The van der Waals surface area contributed by atoms with Gasteiger partial charge in [-0.15, -0.1) is 0 Å². The van der Waals surface area contributed by atoms with Gasteiger partial charge in [-0.2, -0.15) is 0 Å². The standard InChI is InChI=1S/C24H19N/c1-4-10-19(11-5-1)16-22-17-24(21-14-8-3-9-15-21)25-18-23(22)20-12-6-2-7-13-20/h1-15,17-18H,16H2/i16D2. The van der Waals surface area contributed by atoms with Crippen molar-refractivity contribution in [2.24, 2.45) is 0 Å². The Hall–Kier alpha value is -3.19. The predicted molar refractivity (Wildman–Crippen MR) is 104 cm³/mol. The van der Waals surface area contributed by atoms with Crippen LogP contribution in [-0.2, 0) is 6.37 Å². The van der Waals surface area contributed by atoms with Crippen molar-refractivity contribution in [2.45, 2.75) is 6.37 Å². The average Bonchev–Trinajstić information content (AvgIpc) is 2.75. The van der Waals surface area contributed by atoms with Crippen molar-refractivity contribution in [3.8, 4) is 22.4 Å². The van der Waals surface area contributed by atoms with E-state index in [4.69, 9.17) is 2.74 Å². The molecule has 0 aliphatic carbocycles. The lowest BCUT2D eigenvalue weighted by Gasteiger charge is -2.12. The Labute approximate surface area is 151 Å². The van der Waals surface area contributed by atoms with E-state index in [9.17, 15) is 0 Å². The number of hydrogen-bond acceptors (Lipinski definition) is 1. The summed E-state index contributed by atoms with van der Waals surface area (Å²) in [6.45, 7) is 0. The van der Waals surface area contributed by atoms with Crippen LogP contribution in [0.2, 0.25) is 0 Å². The summed E-state index contributed by atoms with van der Waals surface area (Å²) < 4.78 is 17.8. The maximum Gasteiger partial charge on any atom is 0.0705 e. The molecular weight excluding hydrogens is 302 g/mol. The Morgan fingerprint density at radius 3 is 1.88 bits per heavy atom. The van der Waals surface area contributed by atoms with E-state index in [1.165, 1.54) is 0 Å². The summed E-state index contributed by atoms with van der Waals surface area (Å²) in [7, 11) is 0. The molecule has 1 heterocycles. The second kappa shape index (κ2) is 7.14. The van der Waals surface area contributed by atoms with Gasteiger partial charge in [0, 0.05) is 20.1 Å². The van der Waals surface area contributed by atoms with Crippen LogP contribution in [-0.4, -0.2) is 4.98 Å². The minimum absolute atomic E-state index is 0.619. The molecule has 0 N–H and O–H groups in total. The van der Waals surface area contributed by atoms with Gasteiger partial charge in [0.15, 0.2) is 0 Å². The number of nitrogens with zero attached hydrogens (tertiary/aromatic N) is 1. The molecule has 1 heteroatoms. The molecule has 0 aliphatic heterocycles. The van der Waals surface area contributed by atoms with Crippen LogP contribution in [0, 0.1) is 0 Å². The van der Waals surface area contributed by atoms with E-state index in [2.05, 4.69) is 4.98 Å². The Morgan fingerprint density at radius 2 is 1.24 bits per heavy atom. The van der Waals surface area contributed by atoms with Crippen LogP contribution >= 0.6 is 0 Å². The molecule has 25 heavy (non-hydrogen) atoms. The highest BCUT2D eigenvalue weighted by Crippen LogP contribution is 2.28. The molecule has 0 amide bonds. The van der Waals surface area contributed by atoms with Crippen LogP contribution in [0.15, 0.2) is 103 Å². The Bertz CT molecular complexity index is 1030. The van der Waals surface area contributed by atoms with E-state index in [0.717, 1.165) is 22.4 Å². The van der Waals surface area contributed by atoms with E-state index in [1.807, 2.05) is 97.1 Å². The Kier molecular flexibility index (Phi) is 3.76. The summed E-state index contributed by atoms with van der Waals surface area (Å²) in [5.74, 6) is 0. The quantitative estimate of drug-likeness (QED) is 0.448. The fraction of sp³-hybridized carbons (Fsp3) is 0.0417. The molecule has 0 bridgehead atoms. The average molecular weight is 323 g/mol. The molecule has 0 radical (unpaired) electrons. The van der Waals surface area contributed by atoms with Crippen molar-refractivity contribution in [2.75, 3.05) is 0 Å². The number of aromatic nitrogens is 1. The predicted octanol–water partition coefficient (Wildman–Crippen LogP) is 6.01. The topological polar surface area (TPSA) is 12.9 Å². The fourth-order valence-corrected chi connectivity index (χ4v) is 2.85. The van der Waals surface area contributed by atoms with Crippen molar-refractivity contribution >= 4 is 0 Å². The minimum Gasteiger partial charge on any atom is -0.256 e. The van der Waals surface area contributed by atoms with Crippen molar-refractivity contribution < 1.29 is 2.74 Å². The molecule has 0 atom stereocenters. The molecule has 1 nitrogen and oxygen atoms in total. The van der Waals surface area contributed by atoms with E-state index in [0.29, 0.717) is 11.1 Å². The largest absolute Gasteiger partial charge is 0.256 e. The molecule has 1 aromatic heterocycles. The lowest BCUT2D eigenvalue weighted by molar-refractivity contribution is 1.17. The lowest BCUT2D eigenvalue weighted by atomic mass is 9.95. The third-order valence-electron chi connectivity index (χ3n) is 4.11. The molecule has 0 spiro atoms. The van der Waals surface area contributed by atoms with Crippen LogP contribution < -0.4 is 0 Å². The van der Waals surface area contributed by atoms with Gasteiger partial charge in [-0.05, 0) is 29.1 Å². The molecule has 0 saturated carbocycles. The molecule has 4 aromatic rings. The second-order valence-electron chi connectivity index (χ2n) is 5.84. The van der Waals surface area contributed by atoms with Crippen LogP contribution in [0.5, 0.6) is 0 Å². The van der Waals surface area contributed by atoms with E-state index in [-0.39, 0.29) is 0 Å². The summed E-state index contributed by atoms with van der Waals surface area (Å²) in [6, 6.07) is 30.9. The molecule has 3 aromatic carbocycles. The van der Waals surface area contributed by atoms with Crippen molar-refractivity contribution in [1.29, 1.82) is 0 Å². The number of benzene rings is 3. The molecule has 120 valence electrons. The summed E-state index contributed by atoms with van der Waals surface area (Å²) in [4.78, 5) is 4.63. The lowest BCUT2D eigenvalue weighted by Crippen LogP contribution is -1.96. The summed E-state index contributed by atoms with van der Waals surface area (Å²) in [6.07, 6.45) is 0.146. The van der Waals surface area contributed by atoms with Gasteiger partial charge in [-0.25, -0.2) is 0 Å². The zero-order valence-electron chi connectivity index (χ0n) is 15.8. The van der Waals surface area contributed by atoms with E-state index >= 15 is 0 Å². The maximum absolute atomic E-state index is 8.90. The van der Waals surface area contributed by atoms with Crippen LogP contribution in [0.3, 0.4) is 0 Å². The number of hydrogen-bond donors (Lipinski definition) is 0. The Balaban J connectivity index is 1.93. The SMILES string of the molecule is [2H]C([2H])(c1ccccc1)c1cc(-c2ccccc2)ncc1-c1ccccc1. The van der Waals surface area contributed by atoms with Gasteiger partial charge in [0.1, 0.15) is 0 Å². The van der Waals surface area contributed by atoms with Crippen LogP contribution in [0.4, 0.5) is 0 Å². The first-order valence-corrected chi connectivity index (χ1v) is 8.33. The van der Waals surface area contributed by atoms with Gasteiger partial charge in [-0.1, -0.05) is 91.0 Å². The van der Waals surface area contributed by atoms with E-state index in [1.54, 1.807) is 6.20 Å². The molecule has 4 rings (SSSR count). The van der Waals surface area contributed by atoms with Crippen LogP contribution in [0.1, 0.15) is 13.9 Å². The zero-order valence-corrected chi connectivity index (χ0v) is 13.8. The van der Waals surface area contributed by atoms with Gasteiger partial charge in [-0.3, -0.25) is 4.98 Å². The highest BCUT2D eigenvalue weighted by atomic mass is 14.7. The Morgan fingerprint density at radius 1 is 0.680 bits per heavy atom. The van der Waals surface area contributed by atoms with Gasteiger partial charge in [0.25, 0.3) is 0 Å². The van der Waals surface area contributed by atoms with Gasteiger partial charge in [0.05, 0.1) is 5.69 Å².